The minimum atomic E-state index is 0.149. The summed E-state index contributed by atoms with van der Waals surface area (Å²) < 4.78 is 5.17. The summed E-state index contributed by atoms with van der Waals surface area (Å²) in [5.74, 6) is 0.669. The maximum atomic E-state index is 6.28. The average Bonchev–Trinajstić information content (AvgIpc) is 1.83. The van der Waals surface area contributed by atoms with Crippen LogP contribution < -0.4 is 5.73 Å². The van der Waals surface area contributed by atoms with Gasteiger partial charge in [0.05, 0.1) is 13.2 Å². The van der Waals surface area contributed by atoms with Gasteiger partial charge < -0.3 is 10.5 Å². The van der Waals surface area contributed by atoms with Crippen LogP contribution in [0.3, 0.4) is 0 Å². The highest BCUT2D eigenvalue weighted by Gasteiger charge is 2.39. The van der Waals surface area contributed by atoms with Crippen molar-refractivity contribution in [2.45, 2.75) is 37.6 Å². The van der Waals surface area contributed by atoms with Crippen LogP contribution in [0.2, 0.25) is 0 Å². The first-order chi connectivity index (χ1) is 5.31. The first-order valence-corrected chi connectivity index (χ1v) is 4.68. The molecule has 0 aromatic carbocycles. The van der Waals surface area contributed by atoms with E-state index < -0.39 is 0 Å². The highest BCUT2D eigenvalue weighted by molar-refractivity contribution is 4.96. The quantitative estimate of drug-likeness (QED) is 0.619. The van der Waals surface area contributed by atoms with Crippen LogP contribution in [0.4, 0.5) is 0 Å². The minimum Gasteiger partial charge on any atom is -0.381 e. The number of hydrogen-bond donors (Lipinski definition) is 1. The molecule has 0 radical (unpaired) electrons. The van der Waals surface area contributed by atoms with Gasteiger partial charge in [-0.15, -0.1) is 0 Å². The van der Waals surface area contributed by atoms with E-state index in [1.807, 2.05) is 0 Å². The third kappa shape index (κ3) is 1.30. The Labute approximate surface area is 68.1 Å². The van der Waals surface area contributed by atoms with Gasteiger partial charge in [-0.2, -0.15) is 0 Å². The van der Waals surface area contributed by atoms with Crippen molar-refractivity contribution in [1.82, 2.24) is 0 Å². The van der Waals surface area contributed by atoms with Crippen molar-refractivity contribution in [2.75, 3.05) is 13.2 Å². The molecule has 2 rings (SSSR count). The van der Waals surface area contributed by atoms with Gasteiger partial charge in [-0.1, -0.05) is 19.3 Å². The van der Waals surface area contributed by atoms with Gasteiger partial charge in [-0.3, -0.25) is 0 Å². The number of nitrogens with two attached hydrogens (primary N) is 1. The molecule has 1 saturated heterocycles. The summed E-state index contributed by atoms with van der Waals surface area (Å²) in [5, 5.41) is 0. The van der Waals surface area contributed by atoms with Gasteiger partial charge in [0.2, 0.25) is 0 Å². The highest BCUT2D eigenvalue weighted by Crippen LogP contribution is 2.35. The van der Waals surface area contributed by atoms with Gasteiger partial charge in [0.15, 0.2) is 0 Å². The van der Waals surface area contributed by atoms with Crippen molar-refractivity contribution in [3.63, 3.8) is 0 Å². The lowest BCUT2D eigenvalue weighted by Gasteiger charge is -2.44. The van der Waals surface area contributed by atoms with Crippen molar-refractivity contribution in [1.29, 1.82) is 0 Å². The first kappa shape index (κ1) is 7.56. The summed E-state index contributed by atoms with van der Waals surface area (Å²) in [6, 6.07) is 0. The molecule has 1 aliphatic heterocycles. The Hall–Kier alpha value is -0.0800. The Morgan fingerprint density at radius 3 is 2.18 bits per heavy atom. The molecule has 2 heteroatoms. The zero-order valence-electron chi connectivity index (χ0n) is 7.01. The van der Waals surface area contributed by atoms with Crippen LogP contribution in [0.15, 0.2) is 0 Å². The molecule has 2 nitrogen and oxygen atoms in total. The molecule has 0 atom stereocenters. The van der Waals surface area contributed by atoms with E-state index in [1.54, 1.807) is 0 Å². The molecule has 1 saturated carbocycles. The molecule has 2 fully saturated rings. The molecule has 1 heterocycles. The standard InChI is InChI=1S/C9H17NO/c10-9(8-6-11-7-8)4-2-1-3-5-9/h8H,1-7,10H2. The fraction of sp³-hybridized carbons (Fsp3) is 1.00. The molecule has 0 amide bonds. The van der Waals surface area contributed by atoms with E-state index in [9.17, 15) is 0 Å². The van der Waals surface area contributed by atoms with E-state index in [1.165, 1.54) is 32.1 Å². The van der Waals surface area contributed by atoms with Crippen molar-refractivity contribution in [3.8, 4) is 0 Å². The van der Waals surface area contributed by atoms with Crippen LogP contribution in [0, 0.1) is 5.92 Å². The molecule has 0 aromatic heterocycles. The highest BCUT2D eigenvalue weighted by atomic mass is 16.5. The smallest absolute Gasteiger partial charge is 0.0534 e. The lowest BCUT2D eigenvalue weighted by Crippen LogP contribution is -2.56. The normalized spacial score (nSPS) is 31.4. The first-order valence-electron chi connectivity index (χ1n) is 4.68. The molecular weight excluding hydrogens is 138 g/mol. The van der Waals surface area contributed by atoms with E-state index in [4.69, 9.17) is 10.5 Å². The Kier molecular flexibility index (Phi) is 1.90. The van der Waals surface area contributed by atoms with Gasteiger partial charge in [0, 0.05) is 11.5 Å². The fourth-order valence-electron chi connectivity index (χ4n) is 2.19. The molecular formula is C9H17NO. The summed E-state index contributed by atoms with van der Waals surface area (Å²) in [4.78, 5) is 0. The van der Waals surface area contributed by atoms with E-state index in [2.05, 4.69) is 0 Å². The molecule has 2 aliphatic rings. The Balaban J connectivity index is 1.94. The molecule has 0 bridgehead atoms. The molecule has 64 valence electrons. The third-order valence-corrected chi connectivity index (χ3v) is 3.24. The third-order valence-electron chi connectivity index (χ3n) is 3.24. The van der Waals surface area contributed by atoms with Crippen LogP contribution in [0.25, 0.3) is 0 Å². The largest absolute Gasteiger partial charge is 0.381 e. The summed E-state index contributed by atoms with van der Waals surface area (Å²) in [6.45, 7) is 1.83. The van der Waals surface area contributed by atoms with Crippen LogP contribution >= 0.6 is 0 Å². The minimum absolute atomic E-state index is 0.149. The summed E-state index contributed by atoms with van der Waals surface area (Å²) in [6.07, 6.45) is 6.48. The molecule has 0 spiro atoms. The lowest BCUT2D eigenvalue weighted by atomic mass is 9.73. The maximum absolute atomic E-state index is 6.28. The van der Waals surface area contributed by atoms with Crippen LogP contribution in [0.1, 0.15) is 32.1 Å². The van der Waals surface area contributed by atoms with Gasteiger partial charge in [0.25, 0.3) is 0 Å². The van der Waals surface area contributed by atoms with E-state index >= 15 is 0 Å². The second kappa shape index (κ2) is 2.76. The second-order valence-corrected chi connectivity index (χ2v) is 4.03. The molecule has 0 aromatic rings. The second-order valence-electron chi connectivity index (χ2n) is 4.03. The summed E-state index contributed by atoms with van der Waals surface area (Å²) >= 11 is 0. The monoisotopic (exact) mass is 155 g/mol. The van der Waals surface area contributed by atoms with Crippen molar-refractivity contribution < 1.29 is 4.74 Å². The Morgan fingerprint density at radius 2 is 1.73 bits per heavy atom. The van der Waals surface area contributed by atoms with E-state index in [-0.39, 0.29) is 5.54 Å². The zero-order chi connectivity index (χ0) is 7.73. The van der Waals surface area contributed by atoms with Gasteiger partial charge in [-0.25, -0.2) is 0 Å². The Morgan fingerprint density at radius 1 is 1.09 bits per heavy atom. The molecule has 1 aliphatic carbocycles. The molecule has 11 heavy (non-hydrogen) atoms. The van der Waals surface area contributed by atoms with Gasteiger partial charge >= 0.3 is 0 Å². The Bertz CT molecular complexity index is 136. The molecule has 2 N–H and O–H groups in total. The average molecular weight is 155 g/mol. The molecule has 0 unspecified atom stereocenters. The topological polar surface area (TPSA) is 35.2 Å². The van der Waals surface area contributed by atoms with Gasteiger partial charge in [-0.05, 0) is 12.8 Å². The van der Waals surface area contributed by atoms with Crippen molar-refractivity contribution in [2.24, 2.45) is 11.7 Å². The number of hydrogen-bond acceptors (Lipinski definition) is 2. The number of rotatable bonds is 1. The lowest BCUT2D eigenvalue weighted by molar-refractivity contribution is -0.0777. The van der Waals surface area contributed by atoms with Crippen LogP contribution in [-0.2, 0) is 4.74 Å². The van der Waals surface area contributed by atoms with Crippen LogP contribution in [0.5, 0.6) is 0 Å². The van der Waals surface area contributed by atoms with Crippen LogP contribution in [-0.4, -0.2) is 18.8 Å². The summed E-state index contributed by atoms with van der Waals surface area (Å²) in [7, 11) is 0. The van der Waals surface area contributed by atoms with Gasteiger partial charge in [0.1, 0.15) is 0 Å². The fourth-order valence-corrected chi connectivity index (χ4v) is 2.19. The predicted molar refractivity (Wildman–Crippen MR) is 44.3 cm³/mol. The predicted octanol–water partition coefficient (Wildman–Crippen LogP) is 1.29. The van der Waals surface area contributed by atoms with E-state index in [0.717, 1.165) is 13.2 Å². The maximum Gasteiger partial charge on any atom is 0.0534 e. The van der Waals surface area contributed by atoms with Crippen molar-refractivity contribution in [3.05, 3.63) is 0 Å². The van der Waals surface area contributed by atoms with Crippen molar-refractivity contribution >= 4 is 0 Å². The summed E-state index contributed by atoms with van der Waals surface area (Å²) in [5.41, 5.74) is 6.43. The zero-order valence-corrected chi connectivity index (χ0v) is 7.01. The SMILES string of the molecule is NC1(C2COC2)CCCCC1. The number of ether oxygens (including phenoxy) is 1. The van der Waals surface area contributed by atoms with E-state index in [0.29, 0.717) is 5.92 Å².